The number of amides is 2. The first-order chi connectivity index (χ1) is 11.3. The van der Waals surface area contributed by atoms with Crippen LogP contribution in [0.4, 0.5) is 10.5 Å². The lowest BCUT2D eigenvalue weighted by atomic mass is 10.1. The number of nitrogens with zero attached hydrogens (tertiary/aromatic N) is 1. The Hall–Kier alpha value is -2.14. The van der Waals surface area contributed by atoms with Crippen molar-refractivity contribution in [3.63, 3.8) is 0 Å². The number of para-hydroxylation sites is 1. The largest absolute Gasteiger partial charge is 0.378 e. The summed E-state index contributed by atoms with van der Waals surface area (Å²) in [5.74, 6) is 0. The molecule has 1 atom stereocenters. The van der Waals surface area contributed by atoms with E-state index in [0.29, 0.717) is 12.6 Å². The maximum atomic E-state index is 12.1. The van der Waals surface area contributed by atoms with Gasteiger partial charge in [0, 0.05) is 24.2 Å². The second-order valence-corrected chi connectivity index (χ2v) is 5.84. The summed E-state index contributed by atoms with van der Waals surface area (Å²) in [7, 11) is 0. The van der Waals surface area contributed by atoms with Gasteiger partial charge in [-0.2, -0.15) is 0 Å². The summed E-state index contributed by atoms with van der Waals surface area (Å²) in [5.41, 5.74) is 2.68. The Morgan fingerprint density at radius 1 is 1.39 bits per heavy atom. The first-order valence-electron chi connectivity index (χ1n) is 8.31. The van der Waals surface area contributed by atoms with Crippen LogP contribution in [0, 0.1) is 0 Å². The minimum atomic E-state index is -0.179. The van der Waals surface area contributed by atoms with Gasteiger partial charge in [0.15, 0.2) is 0 Å². The fraction of sp³-hybridized carbons (Fsp3) is 0.444. The number of pyridine rings is 1. The van der Waals surface area contributed by atoms with Gasteiger partial charge in [-0.05, 0) is 37.8 Å². The van der Waals surface area contributed by atoms with Gasteiger partial charge in [0.1, 0.15) is 0 Å². The van der Waals surface area contributed by atoms with Crippen LogP contribution in [0.15, 0.2) is 30.3 Å². The van der Waals surface area contributed by atoms with Crippen LogP contribution >= 0.6 is 0 Å². The maximum Gasteiger partial charge on any atom is 0.319 e. The molecule has 5 nitrogen and oxygen atoms in total. The van der Waals surface area contributed by atoms with Crippen LogP contribution in [0.2, 0.25) is 0 Å². The number of hydrogen-bond donors (Lipinski definition) is 2. The quantitative estimate of drug-likeness (QED) is 0.888. The first-order valence-corrected chi connectivity index (χ1v) is 8.31. The number of anilines is 1. The molecule has 1 aromatic carbocycles. The van der Waals surface area contributed by atoms with Crippen molar-refractivity contribution in [1.82, 2.24) is 10.3 Å². The van der Waals surface area contributed by atoms with Gasteiger partial charge < -0.3 is 15.4 Å². The van der Waals surface area contributed by atoms with Gasteiger partial charge in [-0.1, -0.05) is 25.1 Å². The number of aromatic nitrogens is 1. The second kappa shape index (κ2) is 7.42. The van der Waals surface area contributed by atoms with Gasteiger partial charge in [-0.3, -0.25) is 4.98 Å². The zero-order valence-electron chi connectivity index (χ0n) is 13.5. The van der Waals surface area contributed by atoms with Crippen molar-refractivity contribution in [1.29, 1.82) is 0 Å². The van der Waals surface area contributed by atoms with Crippen molar-refractivity contribution < 1.29 is 9.53 Å². The first kappa shape index (κ1) is 15.7. The van der Waals surface area contributed by atoms with Crippen LogP contribution in [0.5, 0.6) is 0 Å². The molecule has 3 rings (SSSR count). The van der Waals surface area contributed by atoms with Crippen LogP contribution < -0.4 is 10.6 Å². The number of rotatable bonds is 5. The van der Waals surface area contributed by atoms with Crippen molar-refractivity contribution in [2.24, 2.45) is 0 Å². The Morgan fingerprint density at radius 2 is 2.26 bits per heavy atom. The molecule has 23 heavy (non-hydrogen) atoms. The predicted molar refractivity (Wildman–Crippen MR) is 91.7 cm³/mol. The molecule has 0 radical (unpaired) electrons. The van der Waals surface area contributed by atoms with Crippen LogP contribution in [-0.4, -0.2) is 30.3 Å². The molecule has 1 unspecified atom stereocenters. The number of fused-ring (bicyclic) bond motifs is 1. The van der Waals surface area contributed by atoms with E-state index >= 15 is 0 Å². The molecule has 122 valence electrons. The highest BCUT2D eigenvalue weighted by Gasteiger charge is 2.15. The van der Waals surface area contributed by atoms with Crippen molar-refractivity contribution in [3.8, 4) is 0 Å². The highest BCUT2D eigenvalue weighted by Crippen LogP contribution is 2.23. The molecule has 1 fully saturated rings. The molecule has 1 aliphatic heterocycles. The van der Waals surface area contributed by atoms with Crippen LogP contribution in [0.25, 0.3) is 10.9 Å². The molecule has 0 saturated carbocycles. The van der Waals surface area contributed by atoms with Gasteiger partial charge in [0.2, 0.25) is 0 Å². The number of ether oxygens (including phenoxy) is 1. The zero-order chi connectivity index (χ0) is 16.1. The molecule has 1 aromatic heterocycles. The Balaban J connectivity index is 1.64. The minimum Gasteiger partial charge on any atom is -0.378 e. The van der Waals surface area contributed by atoms with Crippen LogP contribution in [-0.2, 0) is 11.2 Å². The summed E-state index contributed by atoms with van der Waals surface area (Å²) in [4.78, 5) is 16.7. The molecular formula is C18H23N3O2. The third-order valence-corrected chi connectivity index (χ3v) is 4.16. The monoisotopic (exact) mass is 313 g/mol. The number of nitrogens with one attached hydrogen (secondary N) is 2. The molecule has 2 heterocycles. The van der Waals surface area contributed by atoms with E-state index in [1.54, 1.807) is 0 Å². The Labute approximate surface area is 136 Å². The van der Waals surface area contributed by atoms with E-state index in [0.717, 1.165) is 54.6 Å². The molecule has 2 amide bonds. The molecule has 0 spiro atoms. The summed E-state index contributed by atoms with van der Waals surface area (Å²) >= 11 is 0. The lowest BCUT2D eigenvalue weighted by Gasteiger charge is -2.13. The molecule has 1 aliphatic rings. The third kappa shape index (κ3) is 3.99. The SMILES string of the molecule is CCc1cc(NC(=O)NCCC2CCCO2)c2ccccc2n1. The predicted octanol–water partition coefficient (Wildman–Crippen LogP) is 3.49. The Morgan fingerprint density at radius 3 is 3.04 bits per heavy atom. The Bertz CT molecular complexity index is 681. The molecular weight excluding hydrogens is 290 g/mol. The lowest BCUT2D eigenvalue weighted by Crippen LogP contribution is -2.31. The van der Waals surface area contributed by atoms with Crippen molar-refractivity contribution in [3.05, 3.63) is 36.0 Å². The van der Waals surface area contributed by atoms with E-state index < -0.39 is 0 Å². The lowest BCUT2D eigenvalue weighted by molar-refractivity contribution is 0.105. The summed E-state index contributed by atoms with van der Waals surface area (Å²) < 4.78 is 5.56. The van der Waals surface area contributed by atoms with Gasteiger partial charge in [0.05, 0.1) is 17.3 Å². The van der Waals surface area contributed by atoms with E-state index in [4.69, 9.17) is 4.74 Å². The minimum absolute atomic E-state index is 0.179. The second-order valence-electron chi connectivity index (χ2n) is 5.84. The number of carbonyl (C=O) groups is 1. The fourth-order valence-electron chi connectivity index (χ4n) is 2.90. The van der Waals surface area contributed by atoms with Gasteiger partial charge in [-0.25, -0.2) is 4.79 Å². The van der Waals surface area contributed by atoms with Crippen molar-refractivity contribution in [2.45, 2.75) is 38.7 Å². The highest BCUT2D eigenvalue weighted by molar-refractivity contribution is 6.00. The molecule has 1 saturated heterocycles. The Kier molecular flexibility index (Phi) is 5.08. The maximum absolute atomic E-state index is 12.1. The third-order valence-electron chi connectivity index (χ3n) is 4.16. The normalized spacial score (nSPS) is 17.3. The smallest absolute Gasteiger partial charge is 0.319 e. The number of aryl methyl sites for hydroxylation is 1. The van der Waals surface area contributed by atoms with E-state index in [1.165, 1.54) is 0 Å². The van der Waals surface area contributed by atoms with Crippen LogP contribution in [0.3, 0.4) is 0 Å². The molecule has 0 aliphatic carbocycles. The topological polar surface area (TPSA) is 63.2 Å². The molecule has 2 N–H and O–H groups in total. The fourth-order valence-corrected chi connectivity index (χ4v) is 2.90. The number of benzene rings is 1. The van der Waals surface area contributed by atoms with E-state index in [-0.39, 0.29) is 6.03 Å². The average Bonchev–Trinajstić information content (AvgIpc) is 3.08. The van der Waals surface area contributed by atoms with E-state index in [2.05, 4.69) is 22.5 Å². The van der Waals surface area contributed by atoms with E-state index in [9.17, 15) is 4.79 Å². The summed E-state index contributed by atoms with van der Waals surface area (Å²) in [6.07, 6.45) is 4.21. The zero-order valence-corrected chi connectivity index (χ0v) is 13.5. The van der Waals surface area contributed by atoms with Gasteiger partial charge in [0.25, 0.3) is 0 Å². The standard InChI is InChI=1S/C18H23N3O2/c1-2-13-12-17(15-7-3-4-8-16(15)20-13)21-18(22)19-10-9-14-6-5-11-23-14/h3-4,7-8,12,14H,2,5-6,9-11H2,1H3,(H2,19,20,21,22). The van der Waals surface area contributed by atoms with Gasteiger partial charge in [-0.15, -0.1) is 0 Å². The van der Waals surface area contributed by atoms with Gasteiger partial charge >= 0.3 is 6.03 Å². The molecule has 5 heteroatoms. The van der Waals surface area contributed by atoms with Crippen molar-refractivity contribution in [2.75, 3.05) is 18.5 Å². The summed E-state index contributed by atoms with van der Waals surface area (Å²) in [6.45, 7) is 3.53. The summed E-state index contributed by atoms with van der Waals surface area (Å²) in [6, 6.07) is 9.62. The highest BCUT2D eigenvalue weighted by atomic mass is 16.5. The molecule has 0 bridgehead atoms. The van der Waals surface area contributed by atoms with Crippen LogP contribution in [0.1, 0.15) is 31.9 Å². The summed E-state index contributed by atoms with van der Waals surface area (Å²) in [5, 5.41) is 6.82. The number of urea groups is 1. The van der Waals surface area contributed by atoms with E-state index in [1.807, 2.05) is 30.3 Å². The number of hydrogen-bond acceptors (Lipinski definition) is 3. The average molecular weight is 313 g/mol. The molecule has 2 aromatic rings. The number of carbonyl (C=O) groups excluding carboxylic acids is 1. The van der Waals surface area contributed by atoms with Crippen molar-refractivity contribution >= 4 is 22.6 Å².